The Hall–Kier alpha value is -3.48. The number of rotatable bonds is 7. The van der Waals surface area contributed by atoms with Gasteiger partial charge in [0, 0.05) is 5.39 Å². The molecular weight excluding hydrogens is 384 g/mol. The van der Waals surface area contributed by atoms with Gasteiger partial charge in [0.05, 0.1) is 10.5 Å². The normalized spacial score (nSPS) is 11.1. The number of hydrogen-bond donors (Lipinski definition) is 1. The lowest BCUT2D eigenvalue weighted by Crippen LogP contribution is -2.32. The van der Waals surface area contributed by atoms with Gasteiger partial charge in [0.15, 0.2) is 12.4 Å². The Morgan fingerprint density at radius 3 is 2.57 bits per heavy atom. The number of para-hydroxylation sites is 1. The minimum absolute atomic E-state index is 0.0394. The van der Waals surface area contributed by atoms with Crippen LogP contribution < -0.4 is 4.72 Å². The fourth-order valence-electron chi connectivity index (χ4n) is 2.41. The maximum absolute atomic E-state index is 12.2. The van der Waals surface area contributed by atoms with Gasteiger partial charge in [-0.1, -0.05) is 30.3 Å². The van der Waals surface area contributed by atoms with Crippen LogP contribution in [0, 0.1) is 11.3 Å². The van der Waals surface area contributed by atoms with Crippen LogP contribution in [0.4, 0.5) is 0 Å². The van der Waals surface area contributed by atoms with Gasteiger partial charge in [-0.05, 0) is 24.3 Å². The molecule has 9 heteroatoms. The Labute approximate surface area is 160 Å². The predicted octanol–water partition coefficient (Wildman–Crippen LogP) is 2.01. The number of ether oxygens (including phenoxy) is 1. The van der Waals surface area contributed by atoms with Gasteiger partial charge in [-0.15, -0.1) is 0 Å². The summed E-state index contributed by atoms with van der Waals surface area (Å²) in [6.45, 7) is -1.27. The van der Waals surface area contributed by atoms with E-state index in [2.05, 4.69) is 0 Å². The average molecular weight is 398 g/mol. The van der Waals surface area contributed by atoms with Gasteiger partial charge in [-0.25, -0.2) is 8.42 Å². The highest BCUT2D eigenvalue weighted by molar-refractivity contribution is 7.89. The van der Waals surface area contributed by atoms with Gasteiger partial charge in [-0.2, -0.15) is 9.98 Å². The molecule has 0 radical (unpaired) electrons. The largest absolute Gasteiger partial charge is 0.456 e. The van der Waals surface area contributed by atoms with Gasteiger partial charge in [-0.3, -0.25) is 9.59 Å². The molecule has 0 unspecified atom stereocenters. The molecule has 0 saturated heterocycles. The van der Waals surface area contributed by atoms with E-state index in [0.717, 1.165) is 5.39 Å². The zero-order valence-corrected chi connectivity index (χ0v) is 15.2. The summed E-state index contributed by atoms with van der Waals surface area (Å²) in [4.78, 5) is 23.6. The maximum Gasteiger partial charge on any atom is 0.321 e. The van der Waals surface area contributed by atoms with E-state index in [1.54, 1.807) is 30.3 Å². The fraction of sp³-hybridized carbons (Fsp3) is 0.105. The number of benzene rings is 2. The van der Waals surface area contributed by atoms with E-state index in [9.17, 15) is 18.0 Å². The van der Waals surface area contributed by atoms with Gasteiger partial charge in [0.2, 0.25) is 15.8 Å². The number of esters is 1. The molecule has 0 spiro atoms. The predicted molar refractivity (Wildman–Crippen MR) is 97.8 cm³/mol. The number of nitrogens with one attached hydrogen (secondary N) is 1. The fourth-order valence-corrected chi connectivity index (χ4v) is 3.54. The highest BCUT2D eigenvalue weighted by Gasteiger charge is 2.20. The number of nitrogens with zero attached hydrogens (tertiary/aromatic N) is 1. The number of sulfonamides is 1. The molecule has 0 aliphatic heterocycles. The summed E-state index contributed by atoms with van der Waals surface area (Å²) < 4.78 is 36.7. The SMILES string of the molecule is N#Cc1ccccc1S(=O)(=O)NCC(=O)OCC(=O)c1cc2ccccc2o1. The van der Waals surface area contributed by atoms with E-state index in [1.165, 1.54) is 30.3 Å². The quantitative estimate of drug-likeness (QED) is 0.476. The Morgan fingerprint density at radius 2 is 1.82 bits per heavy atom. The number of hydrogen-bond acceptors (Lipinski definition) is 7. The van der Waals surface area contributed by atoms with E-state index in [-0.39, 0.29) is 16.2 Å². The summed E-state index contributed by atoms with van der Waals surface area (Å²) in [5, 5.41) is 9.72. The highest BCUT2D eigenvalue weighted by atomic mass is 32.2. The molecule has 1 aromatic heterocycles. The number of carbonyl (C=O) groups excluding carboxylic acids is 2. The molecule has 0 bridgehead atoms. The van der Waals surface area contributed by atoms with E-state index in [4.69, 9.17) is 14.4 Å². The number of Topliss-reactive ketones (excluding diaryl/α,β-unsaturated/α-hetero) is 1. The van der Waals surface area contributed by atoms with Crippen LogP contribution >= 0.6 is 0 Å². The second-order valence-corrected chi connectivity index (χ2v) is 7.40. The third-order valence-corrected chi connectivity index (χ3v) is 5.23. The molecule has 0 atom stereocenters. The first-order valence-electron chi connectivity index (χ1n) is 8.07. The molecule has 28 heavy (non-hydrogen) atoms. The molecule has 142 valence electrons. The summed E-state index contributed by atoms with van der Waals surface area (Å²) in [6, 6.07) is 15.9. The smallest absolute Gasteiger partial charge is 0.321 e. The molecule has 3 rings (SSSR count). The summed E-state index contributed by atoms with van der Waals surface area (Å²) >= 11 is 0. The molecule has 1 N–H and O–H groups in total. The molecule has 0 aliphatic carbocycles. The van der Waals surface area contributed by atoms with Gasteiger partial charge in [0.25, 0.3) is 0 Å². The van der Waals surface area contributed by atoms with E-state index in [1.807, 2.05) is 4.72 Å². The second-order valence-electron chi connectivity index (χ2n) is 5.66. The highest BCUT2D eigenvalue weighted by Crippen LogP contribution is 2.19. The van der Waals surface area contributed by atoms with Crippen molar-refractivity contribution in [3.05, 3.63) is 65.9 Å². The minimum Gasteiger partial charge on any atom is -0.456 e. The van der Waals surface area contributed by atoms with Crippen molar-refractivity contribution in [2.75, 3.05) is 13.2 Å². The average Bonchev–Trinajstić information content (AvgIpc) is 3.15. The summed E-state index contributed by atoms with van der Waals surface area (Å²) in [5.74, 6) is -1.46. The molecular formula is C19H14N2O6S. The molecule has 0 saturated carbocycles. The van der Waals surface area contributed by atoms with Crippen molar-refractivity contribution in [3.8, 4) is 6.07 Å². The number of carbonyl (C=O) groups is 2. The van der Waals surface area contributed by atoms with Crippen molar-refractivity contribution in [1.82, 2.24) is 4.72 Å². The second kappa shape index (κ2) is 8.04. The minimum atomic E-state index is -4.08. The number of nitriles is 1. The first-order valence-corrected chi connectivity index (χ1v) is 9.55. The molecule has 3 aromatic rings. The van der Waals surface area contributed by atoms with E-state index >= 15 is 0 Å². The molecule has 0 fully saturated rings. The molecule has 1 heterocycles. The molecule has 0 amide bonds. The van der Waals surface area contributed by atoms with Crippen molar-refractivity contribution >= 4 is 32.7 Å². The Bertz CT molecular complexity index is 1160. The van der Waals surface area contributed by atoms with Crippen LogP contribution in [0.15, 0.2) is 63.9 Å². The van der Waals surface area contributed by atoms with Crippen LogP contribution in [0.1, 0.15) is 16.1 Å². The molecule has 2 aromatic carbocycles. The molecule has 8 nitrogen and oxygen atoms in total. The third kappa shape index (κ3) is 4.25. The summed E-state index contributed by atoms with van der Waals surface area (Å²) in [5.41, 5.74) is 0.476. The van der Waals surface area contributed by atoms with Crippen molar-refractivity contribution in [3.63, 3.8) is 0 Å². The lowest BCUT2D eigenvalue weighted by Gasteiger charge is -2.08. The van der Waals surface area contributed by atoms with E-state index in [0.29, 0.717) is 5.58 Å². The third-order valence-electron chi connectivity index (χ3n) is 3.77. The zero-order chi connectivity index (χ0) is 20.1. The first kappa shape index (κ1) is 19.3. The maximum atomic E-state index is 12.2. The van der Waals surface area contributed by atoms with Crippen LogP contribution in [-0.4, -0.2) is 33.3 Å². The van der Waals surface area contributed by atoms with Crippen LogP contribution in [0.2, 0.25) is 0 Å². The lowest BCUT2D eigenvalue weighted by atomic mass is 10.2. The van der Waals surface area contributed by atoms with Gasteiger partial charge < -0.3 is 9.15 Å². The van der Waals surface area contributed by atoms with Crippen molar-refractivity contribution in [2.45, 2.75) is 4.90 Å². The van der Waals surface area contributed by atoms with Crippen LogP contribution in [0.25, 0.3) is 11.0 Å². The lowest BCUT2D eigenvalue weighted by molar-refractivity contribution is -0.141. The van der Waals surface area contributed by atoms with Gasteiger partial charge >= 0.3 is 5.97 Å². The van der Waals surface area contributed by atoms with Crippen LogP contribution in [0.3, 0.4) is 0 Å². The van der Waals surface area contributed by atoms with E-state index < -0.39 is 34.9 Å². The standard InChI is InChI=1S/C19H14N2O6S/c20-10-14-6-2-4-8-18(14)28(24,25)21-11-19(23)26-12-15(22)17-9-13-5-1-3-7-16(13)27-17/h1-9,21H,11-12H2. The van der Waals surface area contributed by atoms with Crippen molar-refractivity contribution < 1.29 is 27.2 Å². The monoisotopic (exact) mass is 398 g/mol. The zero-order valence-electron chi connectivity index (χ0n) is 14.4. The summed E-state index contributed by atoms with van der Waals surface area (Å²) in [7, 11) is -4.08. The van der Waals surface area contributed by atoms with Crippen molar-refractivity contribution in [1.29, 1.82) is 5.26 Å². The van der Waals surface area contributed by atoms with Crippen LogP contribution in [0.5, 0.6) is 0 Å². The number of furan rings is 1. The van der Waals surface area contributed by atoms with Crippen molar-refractivity contribution in [2.24, 2.45) is 0 Å². The first-order chi connectivity index (χ1) is 13.4. The van der Waals surface area contributed by atoms with Gasteiger partial charge in [0.1, 0.15) is 18.2 Å². The van der Waals surface area contributed by atoms with Crippen LogP contribution in [-0.2, 0) is 19.6 Å². The molecule has 0 aliphatic rings. The number of ketones is 1. The Kier molecular flexibility index (Phi) is 5.54. The Morgan fingerprint density at radius 1 is 1.11 bits per heavy atom. The Balaban J connectivity index is 1.57. The number of fused-ring (bicyclic) bond motifs is 1. The summed E-state index contributed by atoms with van der Waals surface area (Å²) in [6.07, 6.45) is 0. The topological polar surface area (TPSA) is 126 Å².